The van der Waals surface area contributed by atoms with E-state index in [0.717, 1.165) is 0 Å². The van der Waals surface area contributed by atoms with Crippen molar-refractivity contribution in [3.8, 4) is 0 Å². The van der Waals surface area contributed by atoms with Crippen molar-refractivity contribution in [1.82, 2.24) is 0 Å². The lowest BCUT2D eigenvalue weighted by Crippen LogP contribution is -2.48. The largest absolute Gasteiger partial charge is 0.426 e. The minimum absolute atomic E-state index is 0.246. The van der Waals surface area contributed by atoms with E-state index in [2.05, 4.69) is 4.74 Å². The monoisotopic (exact) mass is 242 g/mol. The standard InChI is InChI=1S/C7H9F7O/c1-2-3-6(11,12)15-7(13,14)5(9,10)4-8/h2-4H2,1H3. The first-order chi connectivity index (χ1) is 6.58. The Morgan fingerprint density at radius 3 is 1.80 bits per heavy atom. The van der Waals surface area contributed by atoms with E-state index in [0.29, 0.717) is 0 Å². The molecular weight excluding hydrogens is 233 g/mol. The van der Waals surface area contributed by atoms with Gasteiger partial charge in [-0.15, -0.1) is 0 Å². The van der Waals surface area contributed by atoms with E-state index in [1.165, 1.54) is 6.92 Å². The molecule has 0 rings (SSSR count). The molecular formula is C7H9F7O. The van der Waals surface area contributed by atoms with Gasteiger partial charge in [0.25, 0.3) is 0 Å². The van der Waals surface area contributed by atoms with Gasteiger partial charge in [0.05, 0.1) is 0 Å². The summed E-state index contributed by atoms with van der Waals surface area (Å²) in [6.07, 6.45) is -11.3. The molecule has 15 heavy (non-hydrogen) atoms. The van der Waals surface area contributed by atoms with Crippen molar-refractivity contribution < 1.29 is 35.5 Å². The lowest BCUT2D eigenvalue weighted by atomic mass is 10.3. The summed E-state index contributed by atoms with van der Waals surface area (Å²) in [4.78, 5) is 0. The first kappa shape index (κ1) is 14.5. The van der Waals surface area contributed by atoms with E-state index >= 15 is 0 Å². The van der Waals surface area contributed by atoms with Crippen LogP contribution in [0.15, 0.2) is 0 Å². The van der Waals surface area contributed by atoms with E-state index in [-0.39, 0.29) is 6.42 Å². The van der Waals surface area contributed by atoms with E-state index in [1.807, 2.05) is 0 Å². The lowest BCUT2D eigenvalue weighted by Gasteiger charge is -2.27. The summed E-state index contributed by atoms with van der Waals surface area (Å²) in [6.45, 7) is -1.55. The zero-order valence-electron chi connectivity index (χ0n) is 7.68. The van der Waals surface area contributed by atoms with Crippen LogP contribution < -0.4 is 0 Å². The number of halogens is 7. The Kier molecular flexibility index (Phi) is 4.38. The zero-order chi connectivity index (χ0) is 12.3. The average molecular weight is 242 g/mol. The summed E-state index contributed by atoms with van der Waals surface area (Å²) in [5.74, 6) is -5.26. The fourth-order valence-electron chi connectivity index (χ4n) is 0.682. The highest BCUT2D eigenvalue weighted by atomic mass is 19.3. The Morgan fingerprint density at radius 2 is 1.47 bits per heavy atom. The van der Waals surface area contributed by atoms with Crippen LogP contribution in [0, 0.1) is 0 Å². The summed E-state index contributed by atoms with van der Waals surface area (Å²) < 4.78 is 87.9. The summed E-state index contributed by atoms with van der Waals surface area (Å²) in [5.41, 5.74) is 0. The molecule has 0 radical (unpaired) electrons. The molecule has 0 atom stereocenters. The van der Waals surface area contributed by atoms with Crippen molar-refractivity contribution in [1.29, 1.82) is 0 Å². The number of alkyl halides is 7. The molecule has 0 saturated heterocycles. The van der Waals surface area contributed by atoms with Crippen LogP contribution in [0.1, 0.15) is 19.8 Å². The van der Waals surface area contributed by atoms with E-state index in [1.54, 1.807) is 0 Å². The Bertz CT molecular complexity index is 204. The van der Waals surface area contributed by atoms with Crippen molar-refractivity contribution >= 4 is 0 Å². The van der Waals surface area contributed by atoms with Gasteiger partial charge >= 0.3 is 18.1 Å². The van der Waals surface area contributed by atoms with Gasteiger partial charge in [-0.2, -0.15) is 26.3 Å². The van der Waals surface area contributed by atoms with E-state index in [4.69, 9.17) is 0 Å². The highest BCUT2D eigenvalue weighted by Gasteiger charge is 2.62. The van der Waals surface area contributed by atoms with E-state index < -0.39 is 31.2 Å². The van der Waals surface area contributed by atoms with Crippen LogP contribution in [-0.2, 0) is 4.74 Å². The van der Waals surface area contributed by atoms with Gasteiger partial charge in [-0.3, -0.25) is 4.74 Å². The van der Waals surface area contributed by atoms with Gasteiger partial charge < -0.3 is 0 Å². The smallest absolute Gasteiger partial charge is 0.250 e. The molecule has 0 heterocycles. The third-order valence-electron chi connectivity index (χ3n) is 1.41. The van der Waals surface area contributed by atoms with Crippen molar-refractivity contribution in [3.63, 3.8) is 0 Å². The molecule has 0 bridgehead atoms. The molecule has 0 N–H and O–H groups in total. The van der Waals surface area contributed by atoms with Crippen LogP contribution >= 0.6 is 0 Å². The molecule has 0 unspecified atom stereocenters. The molecule has 1 nitrogen and oxygen atoms in total. The normalized spacial score (nSPS) is 14.4. The van der Waals surface area contributed by atoms with Crippen LogP contribution in [0.5, 0.6) is 0 Å². The second-order valence-electron chi connectivity index (χ2n) is 2.84. The van der Waals surface area contributed by atoms with Crippen LogP contribution in [0.4, 0.5) is 30.7 Å². The van der Waals surface area contributed by atoms with Gasteiger partial charge in [-0.25, -0.2) is 4.39 Å². The molecule has 0 aromatic rings. The first-order valence-electron chi connectivity index (χ1n) is 3.97. The highest BCUT2D eigenvalue weighted by Crippen LogP contribution is 2.40. The van der Waals surface area contributed by atoms with Crippen molar-refractivity contribution in [2.24, 2.45) is 0 Å². The quantitative estimate of drug-likeness (QED) is 0.646. The number of ether oxygens (including phenoxy) is 1. The second-order valence-corrected chi connectivity index (χ2v) is 2.84. The maximum absolute atomic E-state index is 12.4. The minimum Gasteiger partial charge on any atom is -0.250 e. The molecule has 0 aliphatic heterocycles. The molecule has 92 valence electrons. The Hall–Kier alpha value is -0.530. The molecule has 0 aromatic carbocycles. The molecule has 0 aliphatic carbocycles. The highest BCUT2D eigenvalue weighted by molar-refractivity contribution is 4.77. The molecule has 0 spiro atoms. The SMILES string of the molecule is CCCC(F)(F)OC(F)(F)C(F)(F)CF. The number of hydrogen-bond donors (Lipinski definition) is 0. The van der Waals surface area contributed by atoms with Gasteiger partial charge in [0.1, 0.15) is 0 Å². The predicted molar refractivity (Wildman–Crippen MR) is 36.8 cm³/mol. The lowest BCUT2D eigenvalue weighted by molar-refractivity contribution is -0.432. The predicted octanol–water partition coefficient (Wildman–Crippen LogP) is 3.59. The second kappa shape index (κ2) is 4.54. The summed E-state index contributed by atoms with van der Waals surface area (Å²) >= 11 is 0. The topological polar surface area (TPSA) is 9.23 Å². The third-order valence-corrected chi connectivity index (χ3v) is 1.41. The molecule has 0 aromatic heterocycles. The van der Waals surface area contributed by atoms with E-state index in [9.17, 15) is 30.7 Å². The van der Waals surface area contributed by atoms with Gasteiger partial charge in [0, 0.05) is 6.42 Å². The Morgan fingerprint density at radius 1 is 1.00 bits per heavy atom. The first-order valence-corrected chi connectivity index (χ1v) is 3.97. The fourth-order valence-corrected chi connectivity index (χ4v) is 0.682. The summed E-state index contributed by atoms with van der Waals surface area (Å²) in [7, 11) is 0. The number of hydrogen-bond acceptors (Lipinski definition) is 1. The molecule has 0 saturated carbocycles. The van der Waals surface area contributed by atoms with Crippen LogP contribution in [0.2, 0.25) is 0 Å². The van der Waals surface area contributed by atoms with Gasteiger partial charge in [0.2, 0.25) is 0 Å². The molecule has 0 fully saturated rings. The molecule has 0 amide bonds. The van der Waals surface area contributed by atoms with Crippen molar-refractivity contribution in [3.05, 3.63) is 0 Å². The van der Waals surface area contributed by atoms with Crippen LogP contribution in [0.25, 0.3) is 0 Å². The van der Waals surface area contributed by atoms with Crippen LogP contribution in [0.3, 0.4) is 0 Å². The van der Waals surface area contributed by atoms with Gasteiger partial charge in [-0.1, -0.05) is 6.92 Å². The minimum atomic E-state index is -5.53. The molecule has 0 aliphatic rings. The van der Waals surface area contributed by atoms with Crippen molar-refractivity contribution in [2.75, 3.05) is 6.67 Å². The van der Waals surface area contributed by atoms with Gasteiger partial charge in [0.15, 0.2) is 6.67 Å². The summed E-state index contributed by atoms with van der Waals surface area (Å²) in [5, 5.41) is 0. The average Bonchev–Trinajstić information content (AvgIpc) is 2.01. The van der Waals surface area contributed by atoms with Gasteiger partial charge in [-0.05, 0) is 6.42 Å². The molecule has 8 heteroatoms. The zero-order valence-corrected chi connectivity index (χ0v) is 7.68. The third kappa shape index (κ3) is 3.84. The number of rotatable bonds is 6. The Labute approximate surface area is 81.2 Å². The fraction of sp³-hybridized carbons (Fsp3) is 1.00. The maximum atomic E-state index is 12.4. The summed E-state index contributed by atoms with van der Waals surface area (Å²) in [6, 6.07) is 0. The Balaban J connectivity index is 4.63. The van der Waals surface area contributed by atoms with Crippen molar-refractivity contribution in [2.45, 2.75) is 37.9 Å². The maximum Gasteiger partial charge on any atom is 0.426 e. The van der Waals surface area contributed by atoms with Crippen LogP contribution in [-0.4, -0.2) is 24.8 Å².